The number of fused-ring (bicyclic) bond motifs is 1. The Hall–Kier alpha value is -4.42. The monoisotopic (exact) mass is 542 g/mol. The summed E-state index contributed by atoms with van der Waals surface area (Å²) in [7, 11) is 1.34. The first-order chi connectivity index (χ1) is 18.4. The Balaban J connectivity index is 1.41. The van der Waals surface area contributed by atoms with Gasteiger partial charge in [-0.15, -0.1) is 0 Å². The minimum atomic E-state index is -0.688. The van der Waals surface area contributed by atoms with Gasteiger partial charge in [-0.3, -0.25) is 25.2 Å². The summed E-state index contributed by atoms with van der Waals surface area (Å²) in [5.74, 6) is -1.88. The molecule has 1 saturated heterocycles. The molecule has 12 nitrogen and oxygen atoms in total. The van der Waals surface area contributed by atoms with Crippen LogP contribution in [0.3, 0.4) is 0 Å². The molecule has 0 spiro atoms. The molecular weight excluding hydrogens is 511 g/mol. The lowest BCUT2D eigenvalue weighted by molar-refractivity contribution is -0.121. The molecule has 0 saturated carbocycles. The van der Waals surface area contributed by atoms with Gasteiger partial charge in [0.2, 0.25) is 5.91 Å². The number of methoxy groups -OCH3 is 1. The van der Waals surface area contributed by atoms with E-state index in [1.807, 2.05) is 20.8 Å². The average molecular weight is 543 g/mol. The molecule has 0 atom stereocenters. The van der Waals surface area contributed by atoms with Gasteiger partial charge in [0.25, 0.3) is 11.5 Å². The van der Waals surface area contributed by atoms with Gasteiger partial charge < -0.3 is 19.4 Å². The first-order valence-corrected chi connectivity index (χ1v) is 12.5. The van der Waals surface area contributed by atoms with Crippen molar-refractivity contribution in [3.8, 4) is 5.75 Å². The van der Waals surface area contributed by atoms with E-state index in [2.05, 4.69) is 20.9 Å². The number of likely N-dealkylation sites (tertiary alicyclic amines) is 1. The highest BCUT2D eigenvalue weighted by atomic mass is 19.1. The molecule has 13 heteroatoms. The summed E-state index contributed by atoms with van der Waals surface area (Å²) in [4.78, 5) is 54.2. The highest BCUT2D eigenvalue weighted by Gasteiger charge is 2.29. The van der Waals surface area contributed by atoms with Gasteiger partial charge >= 0.3 is 6.09 Å². The van der Waals surface area contributed by atoms with E-state index in [1.165, 1.54) is 36.0 Å². The molecule has 1 aromatic carbocycles. The molecule has 4 rings (SSSR count). The summed E-state index contributed by atoms with van der Waals surface area (Å²) in [6.07, 6.45) is 1.90. The zero-order chi connectivity index (χ0) is 28.3. The number of amides is 3. The molecule has 208 valence electrons. The summed E-state index contributed by atoms with van der Waals surface area (Å²) < 4.78 is 25.7. The smallest absolute Gasteiger partial charge is 0.410 e. The molecule has 2 aromatic heterocycles. The van der Waals surface area contributed by atoms with E-state index >= 15 is 0 Å². The van der Waals surface area contributed by atoms with E-state index in [0.29, 0.717) is 37.2 Å². The Bertz CT molecular complexity index is 1450. The van der Waals surface area contributed by atoms with Crippen molar-refractivity contribution in [3.63, 3.8) is 0 Å². The number of aromatic nitrogens is 3. The minimum absolute atomic E-state index is 0.0518. The molecule has 0 aliphatic carbocycles. The Kier molecular flexibility index (Phi) is 7.88. The zero-order valence-corrected chi connectivity index (χ0v) is 22.2. The summed E-state index contributed by atoms with van der Waals surface area (Å²) in [5, 5.41) is 4.29. The van der Waals surface area contributed by atoms with Crippen LogP contribution in [0.5, 0.6) is 5.75 Å². The number of benzene rings is 1. The topological polar surface area (TPSA) is 147 Å². The fourth-order valence-electron chi connectivity index (χ4n) is 4.40. The van der Waals surface area contributed by atoms with Gasteiger partial charge in [-0.1, -0.05) is 6.07 Å². The molecule has 0 radical (unpaired) electrons. The van der Waals surface area contributed by atoms with Gasteiger partial charge in [-0.2, -0.15) is 5.10 Å². The normalized spacial score (nSPS) is 14.2. The maximum atomic E-state index is 13.9. The lowest BCUT2D eigenvalue weighted by Gasteiger charge is -2.33. The van der Waals surface area contributed by atoms with Crippen molar-refractivity contribution >= 4 is 23.6 Å². The van der Waals surface area contributed by atoms with Gasteiger partial charge in [-0.25, -0.2) is 13.7 Å². The van der Waals surface area contributed by atoms with Gasteiger partial charge in [0.1, 0.15) is 16.8 Å². The van der Waals surface area contributed by atoms with Crippen molar-refractivity contribution in [1.29, 1.82) is 0 Å². The van der Waals surface area contributed by atoms with Crippen LogP contribution in [-0.2, 0) is 16.0 Å². The number of halogens is 1. The van der Waals surface area contributed by atoms with Crippen LogP contribution in [0, 0.1) is 5.82 Å². The van der Waals surface area contributed by atoms with Crippen molar-refractivity contribution < 1.29 is 28.2 Å². The second-order valence-corrected chi connectivity index (χ2v) is 10.3. The van der Waals surface area contributed by atoms with Gasteiger partial charge in [0, 0.05) is 25.1 Å². The molecule has 3 aromatic rings. The molecule has 1 aliphatic heterocycles. The van der Waals surface area contributed by atoms with Crippen molar-refractivity contribution in [2.24, 2.45) is 0 Å². The van der Waals surface area contributed by atoms with Crippen molar-refractivity contribution in [3.05, 3.63) is 63.5 Å². The van der Waals surface area contributed by atoms with Gasteiger partial charge in [0.15, 0.2) is 11.6 Å². The third-order valence-corrected chi connectivity index (χ3v) is 6.24. The molecule has 0 bridgehead atoms. The number of hydrogen-bond acceptors (Lipinski definition) is 7. The number of nitrogens with one attached hydrogen (secondary N) is 3. The second kappa shape index (κ2) is 11.1. The predicted molar refractivity (Wildman–Crippen MR) is 138 cm³/mol. The van der Waals surface area contributed by atoms with Crippen LogP contribution in [0.2, 0.25) is 0 Å². The summed E-state index contributed by atoms with van der Waals surface area (Å²) in [5.41, 5.74) is 4.82. The first-order valence-electron chi connectivity index (χ1n) is 12.5. The van der Waals surface area contributed by atoms with Crippen LogP contribution in [0.25, 0.3) is 5.65 Å². The largest absolute Gasteiger partial charge is 0.494 e. The fraction of sp³-hybridized carbons (Fsp3) is 0.423. The molecule has 3 amide bonds. The van der Waals surface area contributed by atoms with E-state index < -0.39 is 28.8 Å². The number of hydrazine groups is 1. The Morgan fingerprint density at radius 3 is 2.51 bits per heavy atom. The van der Waals surface area contributed by atoms with Crippen LogP contribution < -0.4 is 21.1 Å². The van der Waals surface area contributed by atoms with Crippen molar-refractivity contribution in [2.75, 3.05) is 20.2 Å². The number of rotatable bonds is 5. The molecule has 3 N–H and O–H groups in total. The number of hydrogen-bond donors (Lipinski definition) is 3. The number of aromatic amines is 1. The minimum Gasteiger partial charge on any atom is -0.494 e. The van der Waals surface area contributed by atoms with Crippen molar-refractivity contribution in [2.45, 2.75) is 51.6 Å². The van der Waals surface area contributed by atoms with Crippen LogP contribution in [0.15, 0.2) is 35.3 Å². The Labute approximate surface area is 223 Å². The maximum Gasteiger partial charge on any atom is 0.410 e. The summed E-state index contributed by atoms with van der Waals surface area (Å²) >= 11 is 0. The van der Waals surface area contributed by atoms with E-state index in [-0.39, 0.29) is 35.4 Å². The molecular formula is C26H31FN6O6. The van der Waals surface area contributed by atoms with E-state index in [9.17, 15) is 23.6 Å². The zero-order valence-electron chi connectivity index (χ0n) is 22.2. The lowest BCUT2D eigenvalue weighted by atomic mass is 9.93. The third-order valence-electron chi connectivity index (χ3n) is 6.24. The van der Waals surface area contributed by atoms with Gasteiger partial charge in [-0.05, 0) is 51.3 Å². The summed E-state index contributed by atoms with van der Waals surface area (Å²) in [6.45, 7) is 6.33. The number of carbonyl (C=O) groups is 3. The average Bonchev–Trinajstić information content (AvgIpc) is 3.30. The Morgan fingerprint density at radius 1 is 1.15 bits per heavy atom. The standard InChI is InChI=1S/C26H31FN6O6/c1-26(2,3)39-25(37)32-9-7-16(8-10-32)19-13-21(34)29-23-17(14-28-33(19)23)24(36)31-30-22(35)12-15-5-6-20(38-4)18(27)11-15/h5-6,11,13-14,16H,7-10,12H2,1-4H3,(H,29,34)(H,30,35)(H,31,36). The quantitative estimate of drug-likeness (QED) is 0.419. The van der Waals surface area contributed by atoms with Crippen LogP contribution in [0.4, 0.5) is 9.18 Å². The molecule has 0 unspecified atom stereocenters. The maximum absolute atomic E-state index is 13.9. The van der Waals surface area contributed by atoms with Crippen LogP contribution >= 0.6 is 0 Å². The lowest BCUT2D eigenvalue weighted by Crippen LogP contribution is -2.42. The number of carbonyl (C=O) groups excluding carboxylic acids is 3. The highest BCUT2D eigenvalue weighted by molar-refractivity contribution is 6.00. The van der Waals surface area contributed by atoms with Crippen LogP contribution in [-0.4, -0.2) is 63.2 Å². The molecule has 3 heterocycles. The SMILES string of the molecule is COc1ccc(CC(=O)NNC(=O)c2cnn3c(C4CCN(C(=O)OC(C)(C)C)CC4)cc(=O)[nH]c23)cc1F. The number of nitrogens with zero attached hydrogens (tertiary/aromatic N) is 3. The van der Waals surface area contributed by atoms with E-state index in [1.54, 1.807) is 11.0 Å². The highest BCUT2D eigenvalue weighted by Crippen LogP contribution is 2.28. The van der Waals surface area contributed by atoms with Gasteiger partial charge in [0.05, 0.1) is 25.4 Å². The van der Waals surface area contributed by atoms with E-state index in [4.69, 9.17) is 9.47 Å². The van der Waals surface area contributed by atoms with E-state index in [0.717, 1.165) is 0 Å². The Morgan fingerprint density at radius 2 is 1.87 bits per heavy atom. The molecule has 1 aliphatic rings. The second-order valence-electron chi connectivity index (χ2n) is 10.3. The predicted octanol–water partition coefficient (Wildman–Crippen LogP) is 2.29. The fourth-order valence-corrected chi connectivity index (χ4v) is 4.40. The molecule has 1 fully saturated rings. The number of ether oxygens (including phenoxy) is 2. The van der Waals surface area contributed by atoms with Crippen molar-refractivity contribution in [1.82, 2.24) is 30.3 Å². The number of piperidine rings is 1. The number of H-pyrrole nitrogens is 1. The molecule has 39 heavy (non-hydrogen) atoms. The summed E-state index contributed by atoms with van der Waals surface area (Å²) in [6, 6.07) is 5.56. The third kappa shape index (κ3) is 6.54. The van der Waals surface area contributed by atoms with Crippen LogP contribution in [0.1, 0.15) is 61.1 Å². The first kappa shape index (κ1) is 27.6.